The van der Waals surface area contributed by atoms with Crippen LogP contribution in [0, 0.1) is 5.41 Å². The van der Waals surface area contributed by atoms with E-state index in [1.807, 2.05) is 0 Å². The zero-order valence-corrected chi connectivity index (χ0v) is 27.4. The minimum Gasteiger partial charge on any atom is -0.381 e. The quantitative estimate of drug-likeness (QED) is 0.0284. The lowest BCUT2D eigenvalue weighted by Gasteiger charge is -2.33. The van der Waals surface area contributed by atoms with Crippen LogP contribution in [0.25, 0.3) is 0 Å². The monoisotopic (exact) mass is 734 g/mol. The normalized spacial score (nSPS) is 19.0. The Kier molecular flexibility index (Phi) is 23.6. The molecule has 0 aliphatic heterocycles. The van der Waals surface area contributed by atoms with Crippen LogP contribution in [-0.4, -0.2) is 128 Å². The highest BCUT2D eigenvalue weighted by molar-refractivity contribution is 7.48. The van der Waals surface area contributed by atoms with Crippen molar-refractivity contribution in [2.24, 2.45) is 5.41 Å². The van der Waals surface area contributed by atoms with Gasteiger partial charge in [0.25, 0.3) is 0 Å². The number of hydrogen-bond donors (Lipinski definition) is 7. The molecule has 26 heteroatoms. The molecule has 0 aromatic rings. The van der Waals surface area contributed by atoms with Crippen molar-refractivity contribution in [1.29, 1.82) is 0 Å². The second kappa shape index (κ2) is 23.5. The average molecular weight is 734 g/mol. The van der Waals surface area contributed by atoms with Gasteiger partial charge in [0, 0.05) is 26.9 Å². The molecule has 44 heavy (non-hydrogen) atoms. The fraction of sp³-hybridized carbons (Fsp3) is 1.00. The van der Waals surface area contributed by atoms with Crippen molar-refractivity contribution >= 4 is 31.3 Å². The Bertz CT molecular complexity index is 844. The van der Waals surface area contributed by atoms with E-state index in [0.717, 1.165) is 7.11 Å². The van der Waals surface area contributed by atoms with E-state index in [2.05, 4.69) is 31.7 Å². The van der Waals surface area contributed by atoms with Crippen LogP contribution in [-0.2, 0) is 68.7 Å². The van der Waals surface area contributed by atoms with Gasteiger partial charge in [-0.15, -0.1) is 0 Å². The number of phosphoric ester groups is 4. The summed E-state index contributed by atoms with van der Waals surface area (Å²) in [5, 5.41) is 25.7. The molecule has 0 rings (SSSR count). The molecule has 0 heterocycles. The molecule has 0 spiro atoms. The van der Waals surface area contributed by atoms with Gasteiger partial charge in [0.1, 0.15) is 0 Å². The molecule has 22 nitrogen and oxygen atoms in total. The van der Waals surface area contributed by atoms with E-state index in [4.69, 9.17) is 34.1 Å². The third kappa shape index (κ3) is 23.5. The smallest absolute Gasteiger partial charge is 0.381 e. The van der Waals surface area contributed by atoms with Gasteiger partial charge in [0.2, 0.25) is 0 Å². The van der Waals surface area contributed by atoms with E-state index in [9.17, 15) is 37.8 Å². The van der Waals surface area contributed by atoms with Crippen LogP contribution in [0.15, 0.2) is 0 Å². The summed E-state index contributed by atoms with van der Waals surface area (Å²) in [6.45, 7) is -5.51. The molecule has 0 bridgehead atoms. The van der Waals surface area contributed by atoms with Crippen molar-refractivity contribution in [3.63, 3.8) is 0 Å². The molecule has 4 atom stereocenters. The summed E-state index contributed by atoms with van der Waals surface area (Å²) in [5.41, 5.74) is -1.32. The van der Waals surface area contributed by atoms with Gasteiger partial charge in [-0.1, -0.05) is 0 Å². The fourth-order valence-corrected chi connectivity index (χ4v) is 5.02. The molecular formula is C18H42O22P4. The molecule has 4 unspecified atom stereocenters. The minimum atomic E-state index is -4.50. The molecule has 0 saturated heterocycles. The fourth-order valence-electron chi connectivity index (χ4n) is 2.74. The summed E-state index contributed by atoms with van der Waals surface area (Å²) in [7, 11) is -16.9. The van der Waals surface area contributed by atoms with Crippen LogP contribution in [0.2, 0.25) is 0 Å². The van der Waals surface area contributed by atoms with Crippen LogP contribution in [0.1, 0.15) is 19.3 Å². The summed E-state index contributed by atoms with van der Waals surface area (Å²) in [4.78, 5) is 37.7. The molecule has 0 amide bonds. The van der Waals surface area contributed by atoms with Gasteiger partial charge in [-0.05, 0) is 19.3 Å². The molecular weight excluding hydrogens is 692 g/mol. The SMILES string of the molecule is COP(=O)(O)OCC(COCCCOP(=O)(O)OCO)(COCCCOP(=O)(O)OCO)COCCCOP(=O)(O)OCO. The largest absolute Gasteiger partial charge is 0.474 e. The molecule has 0 aliphatic carbocycles. The van der Waals surface area contributed by atoms with Crippen molar-refractivity contribution in [2.45, 2.75) is 19.3 Å². The molecule has 0 saturated carbocycles. The number of phosphoric acid groups is 4. The summed E-state index contributed by atoms with van der Waals surface area (Å²) in [6, 6.07) is 0. The van der Waals surface area contributed by atoms with Crippen molar-refractivity contribution in [1.82, 2.24) is 0 Å². The number of ether oxygens (including phenoxy) is 3. The van der Waals surface area contributed by atoms with Crippen LogP contribution < -0.4 is 0 Å². The van der Waals surface area contributed by atoms with E-state index in [-0.39, 0.29) is 78.7 Å². The second-order valence-electron chi connectivity index (χ2n) is 8.32. The van der Waals surface area contributed by atoms with Crippen molar-refractivity contribution < 1.29 is 104 Å². The standard InChI is InChI=1S/C18H42O22P4/c1-30-41(22,23)37-14-18(11-31-5-2-8-34-42(24,25)38-15-19,12-32-6-3-9-35-43(26,27)39-16-20)13-33-7-4-10-36-44(28,29)40-17-21/h19-21H,2-17H2,1H3,(H,22,23)(H,24,25)(H,26,27)(H,28,29). The first-order chi connectivity index (χ1) is 20.6. The van der Waals surface area contributed by atoms with E-state index < -0.39 is 63.7 Å². The minimum absolute atomic E-state index is 0.0670. The number of aliphatic hydroxyl groups is 3. The first-order valence-electron chi connectivity index (χ1n) is 12.5. The third-order valence-electron chi connectivity index (χ3n) is 4.71. The Hall–Kier alpha value is 0.200. The van der Waals surface area contributed by atoms with Gasteiger partial charge in [-0.3, -0.25) is 36.2 Å². The zero-order valence-electron chi connectivity index (χ0n) is 23.9. The Morgan fingerprint density at radius 2 is 0.773 bits per heavy atom. The van der Waals surface area contributed by atoms with Gasteiger partial charge in [0.05, 0.1) is 51.7 Å². The third-order valence-corrected chi connectivity index (χ3v) is 8.48. The first-order valence-corrected chi connectivity index (χ1v) is 18.5. The lowest BCUT2D eigenvalue weighted by molar-refractivity contribution is -0.0940. The van der Waals surface area contributed by atoms with Gasteiger partial charge in [-0.25, -0.2) is 18.3 Å². The van der Waals surface area contributed by atoms with Crippen molar-refractivity contribution in [2.75, 3.05) is 93.6 Å². The second-order valence-corrected chi connectivity index (χ2v) is 14.2. The van der Waals surface area contributed by atoms with E-state index >= 15 is 0 Å². The Labute approximate surface area is 253 Å². The predicted octanol–water partition coefficient (Wildman–Crippen LogP) is 0.206. The Morgan fingerprint density at radius 3 is 1.05 bits per heavy atom. The Morgan fingerprint density at radius 1 is 0.455 bits per heavy atom. The van der Waals surface area contributed by atoms with Gasteiger partial charge in [-0.2, -0.15) is 0 Å². The maximum atomic E-state index is 12.0. The van der Waals surface area contributed by atoms with Crippen molar-refractivity contribution in [3.8, 4) is 0 Å². The summed E-state index contributed by atoms with van der Waals surface area (Å²) >= 11 is 0. The first kappa shape index (κ1) is 44.2. The maximum absolute atomic E-state index is 12.0. The summed E-state index contributed by atoms with van der Waals surface area (Å²) in [6.07, 6.45) is 0.201. The highest BCUT2D eigenvalue weighted by Gasteiger charge is 2.36. The summed E-state index contributed by atoms with van der Waals surface area (Å²) in [5.74, 6) is 0. The molecule has 0 aromatic heterocycles. The average Bonchev–Trinajstić information content (AvgIpc) is 2.93. The molecule has 7 N–H and O–H groups in total. The van der Waals surface area contributed by atoms with Crippen LogP contribution >= 0.6 is 31.3 Å². The Balaban J connectivity index is 5.29. The highest BCUT2D eigenvalue weighted by atomic mass is 31.2. The maximum Gasteiger partial charge on any atom is 0.474 e. The lowest BCUT2D eigenvalue weighted by Crippen LogP contribution is -2.42. The predicted molar refractivity (Wildman–Crippen MR) is 143 cm³/mol. The molecule has 0 radical (unpaired) electrons. The number of rotatable bonds is 31. The number of hydrogen-bond acceptors (Lipinski definition) is 18. The van der Waals surface area contributed by atoms with Crippen LogP contribution in [0.4, 0.5) is 0 Å². The molecule has 0 aromatic carbocycles. The van der Waals surface area contributed by atoms with Crippen LogP contribution in [0.3, 0.4) is 0 Å². The van der Waals surface area contributed by atoms with E-state index in [1.54, 1.807) is 0 Å². The van der Waals surface area contributed by atoms with Gasteiger partial charge in [0.15, 0.2) is 20.4 Å². The number of aliphatic hydroxyl groups excluding tert-OH is 3. The molecule has 0 fully saturated rings. The lowest BCUT2D eigenvalue weighted by atomic mass is 9.92. The highest BCUT2D eigenvalue weighted by Crippen LogP contribution is 2.45. The van der Waals surface area contributed by atoms with E-state index in [1.165, 1.54) is 0 Å². The summed E-state index contributed by atoms with van der Waals surface area (Å²) < 4.78 is 99.1. The van der Waals surface area contributed by atoms with E-state index in [0.29, 0.717) is 0 Å². The molecule has 0 aliphatic rings. The zero-order chi connectivity index (χ0) is 33.6. The van der Waals surface area contributed by atoms with Crippen molar-refractivity contribution in [3.05, 3.63) is 0 Å². The topological polar surface area (TPSA) is 311 Å². The van der Waals surface area contributed by atoms with Gasteiger partial charge >= 0.3 is 31.3 Å². The molecule has 266 valence electrons. The van der Waals surface area contributed by atoms with Gasteiger partial charge < -0.3 is 49.1 Å². The van der Waals surface area contributed by atoms with Crippen LogP contribution in [0.5, 0.6) is 0 Å².